The van der Waals surface area contributed by atoms with Crippen molar-refractivity contribution in [1.29, 1.82) is 0 Å². The molecule has 0 spiro atoms. The molecule has 7 heteroatoms. The van der Waals surface area contributed by atoms with Crippen LogP contribution in [0, 0.1) is 0 Å². The highest BCUT2D eigenvalue weighted by molar-refractivity contribution is 5.97. The summed E-state index contributed by atoms with van der Waals surface area (Å²) >= 11 is 0. The van der Waals surface area contributed by atoms with Crippen LogP contribution in [-0.2, 0) is 14.3 Å². The summed E-state index contributed by atoms with van der Waals surface area (Å²) in [5.41, 5.74) is 1.79. The fraction of sp³-hybridized carbons (Fsp3) is 0.185. The highest BCUT2D eigenvalue weighted by Crippen LogP contribution is 2.28. The molecule has 0 heterocycles. The number of benzene rings is 3. The molecule has 0 aliphatic carbocycles. The van der Waals surface area contributed by atoms with Gasteiger partial charge < -0.3 is 24.3 Å². The molecule has 176 valence electrons. The summed E-state index contributed by atoms with van der Waals surface area (Å²) in [7, 11) is 3.09. The average molecular weight is 462 g/mol. The van der Waals surface area contributed by atoms with Crippen LogP contribution in [0.1, 0.15) is 24.2 Å². The summed E-state index contributed by atoms with van der Waals surface area (Å²) in [5, 5.41) is 2.78. The molecule has 0 saturated carbocycles. The lowest BCUT2D eigenvalue weighted by Crippen LogP contribution is -2.25. The Kier molecular flexibility index (Phi) is 8.68. The van der Waals surface area contributed by atoms with E-state index in [1.54, 1.807) is 87.0 Å². The Morgan fingerprint density at radius 2 is 1.71 bits per heavy atom. The Hall–Kier alpha value is -4.26. The molecule has 1 unspecified atom stereocenters. The highest BCUT2D eigenvalue weighted by atomic mass is 16.5. The van der Waals surface area contributed by atoms with Crippen molar-refractivity contribution in [2.24, 2.45) is 0 Å². The predicted octanol–water partition coefficient (Wildman–Crippen LogP) is 5.04. The second-order valence-electron chi connectivity index (χ2n) is 7.13. The van der Waals surface area contributed by atoms with E-state index in [1.807, 2.05) is 13.0 Å². The van der Waals surface area contributed by atoms with Crippen LogP contribution in [0.2, 0.25) is 0 Å². The molecule has 0 aromatic heterocycles. The van der Waals surface area contributed by atoms with E-state index >= 15 is 0 Å². The van der Waals surface area contributed by atoms with E-state index in [4.69, 9.17) is 18.9 Å². The first kappa shape index (κ1) is 24.4. The molecule has 3 aromatic rings. The molecule has 7 nitrogen and oxygen atoms in total. The quantitative estimate of drug-likeness (QED) is 0.336. The number of amides is 1. The predicted molar refractivity (Wildman–Crippen MR) is 130 cm³/mol. The Morgan fingerprint density at radius 1 is 0.912 bits per heavy atom. The van der Waals surface area contributed by atoms with Crippen LogP contribution in [0.3, 0.4) is 0 Å². The maximum absolute atomic E-state index is 13.0. The molecule has 0 aliphatic heterocycles. The van der Waals surface area contributed by atoms with Crippen molar-refractivity contribution >= 4 is 23.6 Å². The highest BCUT2D eigenvalue weighted by Gasteiger charge is 2.24. The molecule has 1 N–H and O–H groups in total. The van der Waals surface area contributed by atoms with E-state index in [0.717, 1.165) is 0 Å². The number of carbonyl (C=O) groups excluding carboxylic acids is 2. The number of methoxy groups -OCH3 is 2. The normalized spacial score (nSPS) is 11.5. The van der Waals surface area contributed by atoms with Crippen molar-refractivity contribution in [3.63, 3.8) is 0 Å². The van der Waals surface area contributed by atoms with Crippen molar-refractivity contribution in [3.05, 3.63) is 90.0 Å². The Morgan fingerprint density at radius 3 is 2.41 bits per heavy atom. The first-order valence-corrected chi connectivity index (χ1v) is 10.7. The van der Waals surface area contributed by atoms with Gasteiger partial charge in [0.05, 0.1) is 20.8 Å². The summed E-state index contributed by atoms with van der Waals surface area (Å²) in [6.45, 7) is 2.40. The van der Waals surface area contributed by atoms with E-state index in [0.29, 0.717) is 40.7 Å². The second kappa shape index (κ2) is 12.1. The first-order chi connectivity index (χ1) is 16.5. The maximum atomic E-state index is 13.0. The van der Waals surface area contributed by atoms with Crippen LogP contribution in [0.4, 0.5) is 5.69 Å². The van der Waals surface area contributed by atoms with Crippen molar-refractivity contribution < 1.29 is 28.5 Å². The van der Waals surface area contributed by atoms with Crippen LogP contribution in [0.25, 0.3) is 6.08 Å². The number of anilines is 1. The van der Waals surface area contributed by atoms with E-state index in [-0.39, 0.29) is 0 Å². The van der Waals surface area contributed by atoms with Crippen LogP contribution in [0.5, 0.6) is 17.2 Å². The van der Waals surface area contributed by atoms with Gasteiger partial charge in [0, 0.05) is 23.4 Å². The third kappa shape index (κ3) is 6.62. The largest absolute Gasteiger partial charge is 0.497 e. The van der Waals surface area contributed by atoms with Gasteiger partial charge in [-0.15, -0.1) is 0 Å². The molecule has 0 saturated heterocycles. The Labute approximate surface area is 198 Å². The van der Waals surface area contributed by atoms with Gasteiger partial charge in [0.2, 0.25) is 6.10 Å². The molecular weight excluding hydrogens is 434 g/mol. The Balaban J connectivity index is 1.76. The summed E-state index contributed by atoms with van der Waals surface area (Å²) in [5.74, 6) is 0.617. The number of nitrogens with one attached hydrogen (secondary N) is 1. The number of esters is 1. The zero-order valence-corrected chi connectivity index (χ0v) is 19.3. The minimum Gasteiger partial charge on any atom is -0.497 e. The summed E-state index contributed by atoms with van der Waals surface area (Å²) < 4.78 is 21.6. The second-order valence-corrected chi connectivity index (χ2v) is 7.13. The monoisotopic (exact) mass is 461 g/mol. The van der Waals surface area contributed by atoms with Gasteiger partial charge in [0.15, 0.2) is 11.5 Å². The minimum atomic E-state index is -1.14. The molecule has 0 radical (unpaired) electrons. The van der Waals surface area contributed by atoms with Crippen molar-refractivity contribution in [3.8, 4) is 17.2 Å². The molecule has 0 bridgehead atoms. The molecule has 0 aliphatic rings. The van der Waals surface area contributed by atoms with Gasteiger partial charge in [-0.2, -0.15) is 0 Å². The lowest BCUT2D eigenvalue weighted by molar-refractivity contribution is -0.149. The van der Waals surface area contributed by atoms with E-state index in [2.05, 4.69) is 5.32 Å². The fourth-order valence-electron chi connectivity index (χ4n) is 3.19. The fourth-order valence-corrected chi connectivity index (χ4v) is 3.19. The van der Waals surface area contributed by atoms with Gasteiger partial charge in [-0.3, -0.25) is 4.79 Å². The first-order valence-electron chi connectivity index (χ1n) is 10.7. The van der Waals surface area contributed by atoms with Crippen LogP contribution in [0.15, 0.2) is 78.9 Å². The molecular formula is C27H27NO6. The van der Waals surface area contributed by atoms with Crippen LogP contribution in [-0.4, -0.2) is 32.7 Å². The maximum Gasteiger partial charge on any atom is 0.331 e. The van der Waals surface area contributed by atoms with E-state index < -0.39 is 18.0 Å². The van der Waals surface area contributed by atoms with Gasteiger partial charge in [-0.25, -0.2) is 4.79 Å². The van der Waals surface area contributed by atoms with Crippen LogP contribution >= 0.6 is 0 Å². The molecule has 3 aromatic carbocycles. The van der Waals surface area contributed by atoms with E-state index in [1.165, 1.54) is 6.08 Å². The molecule has 1 atom stereocenters. The minimum absolute atomic E-state index is 0.482. The third-order valence-electron chi connectivity index (χ3n) is 4.81. The molecule has 0 fully saturated rings. The molecule has 1 amide bonds. The molecule has 3 rings (SSSR count). The number of ether oxygens (including phenoxy) is 4. The third-order valence-corrected chi connectivity index (χ3v) is 4.81. The van der Waals surface area contributed by atoms with Crippen molar-refractivity contribution in [1.82, 2.24) is 0 Å². The zero-order chi connectivity index (χ0) is 24.3. The van der Waals surface area contributed by atoms with Gasteiger partial charge in [-0.1, -0.05) is 42.5 Å². The smallest absolute Gasteiger partial charge is 0.331 e. The van der Waals surface area contributed by atoms with Gasteiger partial charge in [0.25, 0.3) is 5.91 Å². The summed E-state index contributed by atoms with van der Waals surface area (Å²) in [4.78, 5) is 25.6. The zero-order valence-electron chi connectivity index (χ0n) is 19.3. The van der Waals surface area contributed by atoms with Crippen molar-refractivity contribution in [2.75, 3.05) is 26.1 Å². The number of hydrogen-bond donors (Lipinski definition) is 1. The van der Waals surface area contributed by atoms with Crippen molar-refractivity contribution in [2.45, 2.75) is 13.0 Å². The van der Waals surface area contributed by atoms with Gasteiger partial charge >= 0.3 is 5.97 Å². The number of rotatable bonds is 10. The lowest BCUT2D eigenvalue weighted by atomic mass is 10.1. The van der Waals surface area contributed by atoms with Crippen LogP contribution < -0.4 is 19.5 Å². The number of carbonyl (C=O) groups is 2. The molecule has 34 heavy (non-hydrogen) atoms. The Bertz CT molecular complexity index is 1140. The SMILES string of the molecule is CCOc1ccc(/C=C/C(=O)OC(C(=O)Nc2cccc(OC)c2)c2ccccc2)cc1OC. The number of hydrogen-bond acceptors (Lipinski definition) is 6. The van der Waals surface area contributed by atoms with Gasteiger partial charge in [0.1, 0.15) is 5.75 Å². The summed E-state index contributed by atoms with van der Waals surface area (Å²) in [6, 6.07) is 21.1. The lowest BCUT2D eigenvalue weighted by Gasteiger charge is -2.17. The topological polar surface area (TPSA) is 83.1 Å². The standard InChI is InChI=1S/C27H27NO6/c1-4-33-23-15-13-19(17-24(23)32-3)14-16-25(29)34-26(20-9-6-5-7-10-20)27(30)28-21-11-8-12-22(18-21)31-2/h5-18,26H,4H2,1-3H3,(H,28,30)/b16-14+. The summed E-state index contributed by atoms with van der Waals surface area (Å²) in [6.07, 6.45) is 1.71. The van der Waals surface area contributed by atoms with Gasteiger partial charge in [-0.05, 0) is 42.8 Å². The van der Waals surface area contributed by atoms with E-state index in [9.17, 15) is 9.59 Å². The average Bonchev–Trinajstić information content (AvgIpc) is 2.87.